The maximum Gasteiger partial charge on any atom is 0.472 e. The molecule has 0 heterocycles. The summed E-state index contributed by atoms with van der Waals surface area (Å²) < 4.78 is 33.4. The lowest BCUT2D eigenvalue weighted by atomic mass is 9.85. The minimum atomic E-state index is -5.14. The Morgan fingerprint density at radius 2 is 0.902 bits per heavy atom. The SMILES string of the molecule is CCCCC/C=C\C/C=C\C/C=C\C/C=C\CCCC(=O)OC[C@H](COP(=O)(O)OC1C(O)C(O)C(O)[C@@H](O)C1O)OC(=O)CCCCCCC/C=C\C/C=C\CCCCC. The van der Waals surface area contributed by atoms with Crippen LogP contribution in [0.25, 0.3) is 0 Å². The number of carbonyl (C=O) groups excluding carboxylic acids is 2. The first-order valence-corrected chi connectivity index (χ1v) is 24.2. The first-order valence-electron chi connectivity index (χ1n) is 22.7. The summed E-state index contributed by atoms with van der Waals surface area (Å²) in [5, 5.41) is 50.1. The Kier molecular flexibility index (Phi) is 33.9. The van der Waals surface area contributed by atoms with Gasteiger partial charge < -0.3 is 39.9 Å². The zero-order valence-electron chi connectivity index (χ0n) is 36.9. The van der Waals surface area contributed by atoms with E-state index in [0.717, 1.165) is 70.6 Å². The third kappa shape index (κ3) is 29.3. The summed E-state index contributed by atoms with van der Waals surface area (Å²) in [5.41, 5.74) is 0. The number of unbranched alkanes of at least 4 members (excludes halogenated alkanes) is 12. The first-order chi connectivity index (χ1) is 29.4. The van der Waals surface area contributed by atoms with Gasteiger partial charge in [0.05, 0.1) is 6.61 Å². The van der Waals surface area contributed by atoms with E-state index in [1.54, 1.807) is 0 Å². The van der Waals surface area contributed by atoms with Gasteiger partial charge >= 0.3 is 19.8 Å². The van der Waals surface area contributed by atoms with Crippen LogP contribution in [-0.2, 0) is 32.7 Å². The van der Waals surface area contributed by atoms with Crippen LogP contribution < -0.4 is 0 Å². The van der Waals surface area contributed by atoms with Gasteiger partial charge in [-0.15, -0.1) is 0 Å². The number of esters is 2. The fourth-order valence-electron chi connectivity index (χ4n) is 6.31. The highest BCUT2D eigenvalue weighted by molar-refractivity contribution is 7.47. The van der Waals surface area contributed by atoms with Crippen molar-refractivity contribution in [2.75, 3.05) is 13.2 Å². The Labute approximate surface area is 365 Å². The summed E-state index contributed by atoms with van der Waals surface area (Å²) in [6, 6.07) is 0. The van der Waals surface area contributed by atoms with Crippen LogP contribution in [0.1, 0.15) is 155 Å². The monoisotopic (exact) mass is 883 g/mol. The van der Waals surface area contributed by atoms with Crippen LogP contribution in [0.15, 0.2) is 72.9 Å². The molecule has 350 valence electrons. The predicted octanol–water partition coefficient (Wildman–Crippen LogP) is 8.72. The zero-order valence-corrected chi connectivity index (χ0v) is 37.8. The molecule has 1 aliphatic rings. The molecule has 0 aromatic rings. The predicted molar refractivity (Wildman–Crippen MR) is 239 cm³/mol. The Bertz CT molecular complexity index is 1340. The standard InChI is InChI=1S/C47H79O13P/c1-3-5-7-9-11-13-15-17-19-20-22-23-25-27-29-31-33-35-40(48)57-37-39(38-58-61(55,56)60-47-45(53)43(51)42(50)44(52)46(47)54)59-41(49)36-34-32-30-28-26-24-21-18-16-14-12-10-8-6-4-2/h11-14,17-19,21-23,27,29,39,42-47,50-54H,3-10,15-16,20,24-26,28,30-38H2,1-2H3,(H,55,56)/b13-11-,14-12-,19-17-,21-18-,23-22-,29-27-/t39-,42?,43-,44?,45?,46?,47?/m1/s1. The number of hydrogen-bond acceptors (Lipinski definition) is 12. The van der Waals surface area contributed by atoms with Gasteiger partial charge in [0.25, 0.3) is 0 Å². The summed E-state index contributed by atoms with van der Waals surface area (Å²) in [4.78, 5) is 35.6. The lowest BCUT2D eigenvalue weighted by molar-refractivity contribution is -0.220. The minimum Gasteiger partial charge on any atom is -0.462 e. The van der Waals surface area contributed by atoms with Crippen molar-refractivity contribution in [1.82, 2.24) is 0 Å². The number of aliphatic hydroxyl groups is 5. The van der Waals surface area contributed by atoms with Crippen LogP contribution in [0, 0.1) is 0 Å². The van der Waals surface area contributed by atoms with Gasteiger partial charge in [-0.2, -0.15) is 0 Å². The third-order valence-corrected chi connectivity index (χ3v) is 11.0. The van der Waals surface area contributed by atoms with Crippen molar-refractivity contribution >= 4 is 19.8 Å². The molecule has 61 heavy (non-hydrogen) atoms. The normalized spacial score (nSPS) is 22.7. The molecule has 14 heteroatoms. The molecule has 1 aliphatic carbocycles. The molecule has 0 aromatic heterocycles. The van der Waals surface area contributed by atoms with Crippen molar-refractivity contribution in [2.45, 2.75) is 198 Å². The van der Waals surface area contributed by atoms with Gasteiger partial charge in [-0.05, 0) is 83.5 Å². The molecule has 0 radical (unpaired) electrons. The van der Waals surface area contributed by atoms with Crippen LogP contribution in [-0.4, -0.2) is 98.3 Å². The second-order valence-electron chi connectivity index (χ2n) is 15.5. The van der Waals surface area contributed by atoms with Crippen molar-refractivity contribution in [2.24, 2.45) is 0 Å². The number of phosphoric acid groups is 1. The van der Waals surface area contributed by atoms with Crippen molar-refractivity contribution in [3.05, 3.63) is 72.9 Å². The van der Waals surface area contributed by atoms with E-state index in [-0.39, 0.29) is 12.8 Å². The zero-order chi connectivity index (χ0) is 45.0. The number of phosphoric ester groups is 1. The Balaban J connectivity index is 2.53. The summed E-state index contributed by atoms with van der Waals surface area (Å²) >= 11 is 0. The number of aliphatic hydroxyl groups excluding tert-OH is 5. The second-order valence-corrected chi connectivity index (χ2v) is 16.9. The molecule has 8 atom stereocenters. The number of allylic oxidation sites excluding steroid dienone is 12. The lowest BCUT2D eigenvalue weighted by Gasteiger charge is -2.41. The lowest BCUT2D eigenvalue weighted by Crippen LogP contribution is -2.64. The Morgan fingerprint density at radius 3 is 1.39 bits per heavy atom. The summed E-state index contributed by atoms with van der Waals surface area (Å²) in [6.07, 6.45) is 32.4. The largest absolute Gasteiger partial charge is 0.472 e. The van der Waals surface area contributed by atoms with E-state index in [1.165, 1.54) is 38.5 Å². The average molecular weight is 883 g/mol. The molecule has 1 rings (SSSR count). The minimum absolute atomic E-state index is 0.0653. The van der Waals surface area contributed by atoms with E-state index >= 15 is 0 Å². The highest BCUT2D eigenvalue weighted by Crippen LogP contribution is 2.47. The van der Waals surface area contributed by atoms with E-state index in [4.69, 9.17) is 18.5 Å². The second kappa shape index (κ2) is 36.7. The fourth-order valence-corrected chi connectivity index (χ4v) is 7.28. The van der Waals surface area contributed by atoms with Crippen molar-refractivity contribution in [1.29, 1.82) is 0 Å². The highest BCUT2D eigenvalue weighted by atomic mass is 31.2. The molecule has 6 unspecified atom stereocenters. The molecule has 0 bridgehead atoms. The van der Waals surface area contributed by atoms with Gasteiger partial charge in [0.15, 0.2) is 6.10 Å². The third-order valence-electron chi connectivity index (χ3n) is 10.0. The highest BCUT2D eigenvalue weighted by Gasteiger charge is 2.51. The van der Waals surface area contributed by atoms with Crippen LogP contribution in [0.3, 0.4) is 0 Å². The maximum absolute atomic E-state index is 12.8. The fraction of sp³-hybridized carbons (Fsp3) is 0.702. The van der Waals surface area contributed by atoms with Crippen LogP contribution in [0.4, 0.5) is 0 Å². The van der Waals surface area contributed by atoms with Crippen LogP contribution in [0.5, 0.6) is 0 Å². The molecule has 6 N–H and O–H groups in total. The average Bonchev–Trinajstić information content (AvgIpc) is 3.24. The van der Waals surface area contributed by atoms with Crippen LogP contribution in [0.2, 0.25) is 0 Å². The van der Waals surface area contributed by atoms with Gasteiger partial charge in [-0.3, -0.25) is 18.6 Å². The maximum atomic E-state index is 12.8. The smallest absolute Gasteiger partial charge is 0.462 e. The van der Waals surface area contributed by atoms with Gasteiger partial charge in [0.1, 0.15) is 43.2 Å². The molecule has 0 aromatic carbocycles. The molecular weight excluding hydrogens is 803 g/mol. The van der Waals surface area contributed by atoms with Crippen molar-refractivity contribution in [3.8, 4) is 0 Å². The first kappa shape index (κ1) is 56.3. The van der Waals surface area contributed by atoms with Crippen molar-refractivity contribution in [3.63, 3.8) is 0 Å². The number of rotatable bonds is 36. The Hall–Kier alpha value is -2.71. The van der Waals surface area contributed by atoms with E-state index < -0.39 is 75.7 Å². The van der Waals surface area contributed by atoms with Gasteiger partial charge in [0.2, 0.25) is 0 Å². The molecule has 13 nitrogen and oxygen atoms in total. The molecule has 1 saturated carbocycles. The molecular formula is C47H79O13P. The summed E-state index contributed by atoms with van der Waals surface area (Å²) in [7, 11) is -5.14. The number of ether oxygens (including phenoxy) is 2. The van der Waals surface area contributed by atoms with E-state index in [9.17, 15) is 44.6 Å². The quantitative estimate of drug-likeness (QED) is 0.0151. The summed E-state index contributed by atoms with van der Waals surface area (Å²) in [6.45, 7) is 3.17. The van der Waals surface area contributed by atoms with Gasteiger partial charge in [-0.25, -0.2) is 4.57 Å². The van der Waals surface area contributed by atoms with Crippen LogP contribution >= 0.6 is 7.82 Å². The number of hydrogen-bond donors (Lipinski definition) is 6. The van der Waals surface area contributed by atoms with Gasteiger partial charge in [-0.1, -0.05) is 132 Å². The van der Waals surface area contributed by atoms with E-state index in [0.29, 0.717) is 19.3 Å². The van der Waals surface area contributed by atoms with E-state index in [1.807, 2.05) is 12.2 Å². The van der Waals surface area contributed by atoms with Crippen molar-refractivity contribution < 1.29 is 63.1 Å². The van der Waals surface area contributed by atoms with E-state index in [2.05, 4.69) is 74.6 Å². The summed E-state index contributed by atoms with van der Waals surface area (Å²) in [5.74, 6) is -1.19. The molecule has 0 spiro atoms. The molecule has 1 fully saturated rings. The molecule has 0 saturated heterocycles. The Morgan fingerprint density at radius 1 is 0.508 bits per heavy atom. The molecule has 0 aliphatic heterocycles. The number of carbonyl (C=O) groups is 2. The molecule has 0 amide bonds. The topological polar surface area (TPSA) is 210 Å². The van der Waals surface area contributed by atoms with Gasteiger partial charge in [0, 0.05) is 12.8 Å².